The number of hydrogen-bond donors (Lipinski definition) is 0. The molecule has 0 atom stereocenters. The number of aromatic nitrogens is 4. The molecule has 0 N–H and O–H groups in total. The maximum absolute atomic E-state index is 5.39. The molecule has 78 heavy (non-hydrogen) atoms. The van der Waals surface area contributed by atoms with Crippen LogP contribution >= 0.6 is 11.3 Å². The SMILES string of the molecule is C/C=C\C=C/C.C=C/C=C\C=C(C)C.CC.c1ccc(-c2nc(-n3c4ccccc4c4cc(-c5ccc6c(c5)Cc5c-6ccc6ccc7c(c8cccc9c%10ccccc%10n7c98)c56)ccc43)c3sc4ccccc4c3n2)cc1. The van der Waals surface area contributed by atoms with Gasteiger partial charge in [-0.15, -0.1) is 11.3 Å². The number of nitrogens with zero attached hydrogens (tertiary/aromatic N) is 4. The predicted molar refractivity (Wildman–Crippen MR) is 340 cm³/mol. The third-order valence-corrected chi connectivity index (χ3v) is 16.0. The summed E-state index contributed by atoms with van der Waals surface area (Å²) >= 11 is 1.77. The van der Waals surface area contributed by atoms with Crippen LogP contribution in [0.25, 0.3) is 130 Å². The Kier molecular flexibility index (Phi) is 13.4. The third-order valence-electron chi connectivity index (χ3n) is 14.9. The van der Waals surface area contributed by atoms with E-state index >= 15 is 0 Å². The van der Waals surface area contributed by atoms with Crippen LogP contribution in [0.1, 0.15) is 52.7 Å². The molecule has 9 aromatic carbocycles. The fourth-order valence-electron chi connectivity index (χ4n) is 11.6. The van der Waals surface area contributed by atoms with Gasteiger partial charge in [-0.2, -0.15) is 0 Å². The Morgan fingerprint density at radius 3 is 1.92 bits per heavy atom. The summed E-state index contributed by atoms with van der Waals surface area (Å²) < 4.78 is 7.17. The topological polar surface area (TPSA) is 35.1 Å². The molecule has 0 bridgehead atoms. The van der Waals surface area contributed by atoms with Gasteiger partial charge in [0.2, 0.25) is 0 Å². The van der Waals surface area contributed by atoms with E-state index in [0.29, 0.717) is 0 Å². The van der Waals surface area contributed by atoms with E-state index in [2.05, 4.69) is 205 Å². The van der Waals surface area contributed by atoms with Crippen molar-refractivity contribution in [3.63, 3.8) is 0 Å². The van der Waals surface area contributed by atoms with Gasteiger partial charge in [0.05, 0.1) is 37.8 Å². The Hall–Kier alpha value is -9.16. The fraction of sp³-hybridized carbons (Fsp3) is 0.0959. The first-order chi connectivity index (χ1) is 38.4. The molecule has 1 aliphatic rings. The van der Waals surface area contributed by atoms with Crippen molar-refractivity contribution in [1.29, 1.82) is 0 Å². The van der Waals surface area contributed by atoms with Gasteiger partial charge in [-0.3, -0.25) is 4.57 Å². The van der Waals surface area contributed by atoms with Crippen molar-refractivity contribution in [1.82, 2.24) is 18.9 Å². The summed E-state index contributed by atoms with van der Waals surface area (Å²) in [6.07, 6.45) is 16.6. The second-order valence-corrected chi connectivity index (χ2v) is 20.8. The van der Waals surface area contributed by atoms with E-state index in [1.807, 2.05) is 76.3 Å². The van der Waals surface area contributed by atoms with Gasteiger partial charge in [-0.25, -0.2) is 9.97 Å². The minimum absolute atomic E-state index is 0.732. The van der Waals surface area contributed by atoms with E-state index in [0.717, 1.165) is 50.3 Å². The molecule has 0 fully saturated rings. The number of fused-ring (bicyclic) bond motifs is 18. The molecule has 0 aliphatic heterocycles. The zero-order valence-corrected chi connectivity index (χ0v) is 45.9. The number of benzene rings is 9. The minimum atomic E-state index is 0.732. The zero-order valence-electron chi connectivity index (χ0n) is 45.1. The van der Waals surface area contributed by atoms with E-state index in [1.54, 1.807) is 17.4 Å². The largest absolute Gasteiger partial charge is 0.308 e. The van der Waals surface area contributed by atoms with Gasteiger partial charge in [0, 0.05) is 48.0 Å². The summed E-state index contributed by atoms with van der Waals surface area (Å²) in [5.74, 6) is 1.65. The monoisotopic (exact) mass is 1020 g/mol. The Morgan fingerprint density at radius 2 is 1.15 bits per heavy atom. The second kappa shape index (κ2) is 21.1. The van der Waals surface area contributed by atoms with Crippen molar-refractivity contribution >= 4 is 102 Å². The Labute approximate surface area is 459 Å². The number of para-hydroxylation sites is 3. The maximum atomic E-state index is 5.39. The van der Waals surface area contributed by atoms with Crippen molar-refractivity contribution in [3.8, 4) is 39.5 Å². The molecule has 0 spiro atoms. The summed E-state index contributed by atoms with van der Waals surface area (Å²) in [7, 11) is 0. The maximum Gasteiger partial charge on any atom is 0.162 e. The summed E-state index contributed by atoms with van der Waals surface area (Å²) in [6, 6.07) is 66.9. The van der Waals surface area contributed by atoms with E-state index < -0.39 is 0 Å². The quantitative estimate of drug-likeness (QED) is 0.156. The van der Waals surface area contributed by atoms with Crippen LogP contribution in [0.3, 0.4) is 0 Å². The Bertz CT molecular complexity index is 4710. The third kappa shape index (κ3) is 8.39. The lowest BCUT2D eigenvalue weighted by molar-refractivity contribution is 1.08. The molecule has 378 valence electrons. The van der Waals surface area contributed by atoms with Crippen LogP contribution in [0, 0.1) is 0 Å². The number of rotatable bonds is 6. The molecule has 0 unspecified atom stereocenters. The summed E-state index contributed by atoms with van der Waals surface area (Å²) in [4.78, 5) is 10.6. The highest BCUT2D eigenvalue weighted by Crippen LogP contribution is 2.48. The van der Waals surface area contributed by atoms with Gasteiger partial charge in [0.1, 0.15) is 0 Å². The van der Waals surface area contributed by atoms with E-state index in [4.69, 9.17) is 9.97 Å². The molecule has 5 heteroatoms. The molecule has 5 aromatic heterocycles. The van der Waals surface area contributed by atoms with Gasteiger partial charge in [0.15, 0.2) is 11.6 Å². The molecule has 1 aliphatic carbocycles. The van der Waals surface area contributed by atoms with Gasteiger partial charge in [-0.1, -0.05) is 220 Å². The van der Waals surface area contributed by atoms with Crippen LogP contribution in [0.5, 0.6) is 0 Å². The zero-order chi connectivity index (χ0) is 53.4. The number of allylic oxidation sites excluding steroid dienone is 9. The fourth-order valence-corrected chi connectivity index (χ4v) is 12.7. The molecular weight excluding hydrogens is 965 g/mol. The normalized spacial score (nSPS) is 12.1. The first-order valence-corrected chi connectivity index (χ1v) is 28.0. The van der Waals surface area contributed by atoms with Crippen LogP contribution in [0.15, 0.2) is 243 Å². The number of hydrogen-bond acceptors (Lipinski definition) is 3. The van der Waals surface area contributed by atoms with Crippen molar-refractivity contribution in [2.75, 3.05) is 0 Å². The summed E-state index contributed by atoms with van der Waals surface area (Å²) in [5, 5.41) is 11.6. The summed E-state index contributed by atoms with van der Waals surface area (Å²) in [6.45, 7) is 15.7. The molecule has 0 amide bonds. The number of thiophene rings is 1. The van der Waals surface area contributed by atoms with Crippen LogP contribution in [0.4, 0.5) is 0 Å². The van der Waals surface area contributed by atoms with Crippen LogP contribution < -0.4 is 0 Å². The molecule has 14 aromatic rings. The van der Waals surface area contributed by atoms with Gasteiger partial charge in [-0.05, 0) is 115 Å². The van der Waals surface area contributed by atoms with Gasteiger partial charge >= 0.3 is 0 Å². The van der Waals surface area contributed by atoms with Crippen LogP contribution in [0.2, 0.25) is 0 Å². The molecule has 0 radical (unpaired) electrons. The molecule has 15 rings (SSSR count). The minimum Gasteiger partial charge on any atom is -0.308 e. The molecule has 4 nitrogen and oxygen atoms in total. The van der Waals surface area contributed by atoms with Crippen molar-refractivity contribution in [2.24, 2.45) is 0 Å². The van der Waals surface area contributed by atoms with Gasteiger partial charge < -0.3 is 4.40 Å². The molecule has 5 heterocycles. The van der Waals surface area contributed by atoms with E-state index in [1.165, 1.54) is 103 Å². The lowest BCUT2D eigenvalue weighted by atomic mass is 9.95. The molecule has 0 saturated heterocycles. The van der Waals surface area contributed by atoms with Crippen LogP contribution in [-0.2, 0) is 6.42 Å². The Morgan fingerprint density at radius 1 is 0.526 bits per heavy atom. The lowest BCUT2D eigenvalue weighted by Gasteiger charge is -2.11. The summed E-state index contributed by atoms with van der Waals surface area (Å²) in [5.41, 5.74) is 17.4. The van der Waals surface area contributed by atoms with Gasteiger partial charge in [0.25, 0.3) is 0 Å². The lowest BCUT2D eigenvalue weighted by Crippen LogP contribution is -2.01. The van der Waals surface area contributed by atoms with Crippen molar-refractivity contribution < 1.29 is 0 Å². The van der Waals surface area contributed by atoms with E-state index in [-0.39, 0.29) is 0 Å². The van der Waals surface area contributed by atoms with Crippen molar-refractivity contribution in [2.45, 2.75) is 48.0 Å². The molecule has 0 saturated carbocycles. The average Bonchev–Trinajstić information content (AvgIpc) is 4.40. The second-order valence-electron chi connectivity index (χ2n) is 19.8. The smallest absolute Gasteiger partial charge is 0.162 e. The first kappa shape index (κ1) is 49.7. The highest BCUT2D eigenvalue weighted by molar-refractivity contribution is 7.26. The average molecular weight is 1030 g/mol. The highest BCUT2D eigenvalue weighted by atomic mass is 32.1. The highest BCUT2D eigenvalue weighted by Gasteiger charge is 2.26. The van der Waals surface area contributed by atoms with Crippen LogP contribution in [-0.4, -0.2) is 18.9 Å². The van der Waals surface area contributed by atoms with E-state index in [9.17, 15) is 0 Å². The molecular formula is C73H60N4S. The van der Waals surface area contributed by atoms with Crippen molar-refractivity contribution in [3.05, 3.63) is 254 Å². The predicted octanol–water partition coefficient (Wildman–Crippen LogP) is 21.0. The first-order valence-electron chi connectivity index (χ1n) is 27.1. The Balaban J connectivity index is 0.000000338. The standard InChI is InChI=1S/C57H32N4S.C8H12.C6H10.C2H6/c1-2-11-33(12-3-1)56-58-53-42-15-6-9-20-50(42)62-55(53)57(59-56)61-47-19-8-5-14-40(47)44-30-35(24-27-48(44)61)34-22-25-37-36(29-34)31-45-38(37)26-21-32-23-28-49-52(51(32)45)43-17-10-16-41-39-13-4-7-18-46(39)60(49)54(41)43;1-4-5-6-7-8(2)3;1-3-5-6-4-2;1-2/h1-30H,31H2;4-7H,1H2,2-3H3;3-6H,1-2H3;1-2H3/b;6-5-;5-3-,6-4-;.